The minimum atomic E-state index is -0.617. The number of benzene rings is 13. The van der Waals surface area contributed by atoms with E-state index in [9.17, 15) is 0 Å². The van der Waals surface area contributed by atoms with Gasteiger partial charge in [-0.3, -0.25) is 37.6 Å². The largest absolute Gasteiger partial charge is 0.457 e. The molecule has 504 valence electrons. The molecule has 0 spiro atoms. The summed E-state index contributed by atoms with van der Waals surface area (Å²) >= 11 is 0. The van der Waals surface area contributed by atoms with Gasteiger partial charge in [0, 0.05) is 75.4 Å². The maximum atomic E-state index is 16.2. The van der Waals surface area contributed by atoms with Gasteiger partial charge in [-0.1, -0.05) is 140 Å². The number of rotatable bonds is 6. The number of pyridine rings is 2. The molecule has 0 aliphatic carbocycles. The fourth-order valence-electron chi connectivity index (χ4n) is 16.2. The number of para-hydroxylation sites is 6. The molecule has 104 heavy (non-hydrogen) atoms. The van der Waals surface area contributed by atoms with Crippen LogP contribution in [-0.4, -0.2) is 27.9 Å². The molecule has 0 aliphatic rings. The number of hydrogen-bond acceptors (Lipinski definition) is 12. The molecule has 13 aromatic carbocycles. The lowest BCUT2D eigenvalue weighted by molar-refractivity contribution is 0.656. The number of fused-ring (bicyclic) bond motifs is 16. The molecule has 6 aromatic heterocycles. The maximum absolute atomic E-state index is 16.2. The number of nitrogens with zero attached hydrogens (tertiary/aromatic N) is 6. The Kier molecular flexibility index (Phi) is 13.5. The molecule has 0 fully saturated rings. The Balaban J connectivity index is 1.15. The Bertz CT molecular complexity index is 7140. The first-order valence-corrected chi connectivity index (χ1v) is 34.9. The van der Waals surface area contributed by atoms with Crippen LogP contribution in [0.1, 0.15) is 101 Å². The smallest absolute Gasteiger partial charge is 0.265 e. The lowest BCUT2D eigenvalue weighted by Gasteiger charge is -2.20. The van der Waals surface area contributed by atoms with E-state index in [1.54, 1.807) is 118 Å². The molecule has 0 saturated heterocycles. The van der Waals surface area contributed by atoms with E-state index in [0.717, 1.165) is 22.3 Å². The normalized spacial score (nSPS) is 12.4. The van der Waals surface area contributed by atoms with Crippen LogP contribution in [0.25, 0.3) is 176 Å². The van der Waals surface area contributed by atoms with Gasteiger partial charge in [0.15, 0.2) is 0 Å². The van der Waals surface area contributed by atoms with Gasteiger partial charge >= 0.3 is 0 Å². The van der Waals surface area contributed by atoms with Crippen LogP contribution >= 0.6 is 0 Å². The van der Waals surface area contributed by atoms with E-state index in [1.165, 1.54) is 9.13 Å². The molecule has 16 nitrogen and oxygen atoms in total. The highest BCUT2D eigenvalue weighted by Gasteiger charge is 2.31. The van der Waals surface area contributed by atoms with Crippen molar-refractivity contribution in [2.45, 2.75) is 79.1 Å². The average molecular weight is 1360 g/mol. The second kappa shape index (κ2) is 22.7. The minimum Gasteiger partial charge on any atom is -0.457 e. The first-order chi connectivity index (χ1) is 50.4. The number of aromatic nitrogens is 6. The van der Waals surface area contributed by atoms with Crippen molar-refractivity contribution >= 4 is 164 Å². The van der Waals surface area contributed by atoms with Crippen molar-refractivity contribution in [1.29, 1.82) is 0 Å². The van der Waals surface area contributed by atoms with Crippen LogP contribution < -0.4 is 33.4 Å². The fraction of sp³-hybridized carbons (Fsp3) is 0.136. The summed E-state index contributed by atoms with van der Waals surface area (Å²) in [6.07, 6.45) is 0. The molecular formula is C88H62N6O10. The van der Waals surface area contributed by atoms with E-state index in [-0.39, 0.29) is 101 Å². The maximum Gasteiger partial charge on any atom is 0.265 e. The molecule has 19 rings (SSSR count). The minimum absolute atomic E-state index is 0.119. The highest BCUT2D eigenvalue weighted by Crippen LogP contribution is 2.52. The molecule has 19 aromatic rings. The molecule has 0 atom stereocenters. The third-order valence-electron chi connectivity index (χ3n) is 20.8. The Morgan fingerprint density at radius 2 is 0.558 bits per heavy atom. The van der Waals surface area contributed by atoms with Crippen molar-refractivity contribution in [3.05, 3.63) is 291 Å². The van der Waals surface area contributed by atoms with E-state index < -0.39 is 33.4 Å². The molecular weight excluding hydrogens is 1300 g/mol. The monoisotopic (exact) mass is 1360 g/mol. The first kappa shape index (κ1) is 62.0. The third-order valence-corrected chi connectivity index (χ3v) is 20.8. The highest BCUT2D eigenvalue weighted by atomic mass is 16.3. The predicted molar refractivity (Wildman–Crippen MR) is 417 cm³/mol. The van der Waals surface area contributed by atoms with E-state index in [0.29, 0.717) is 98.6 Å². The summed E-state index contributed by atoms with van der Waals surface area (Å²) < 4.78 is 35.7. The van der Waals surface area contributed by atoms with Gasteiger partial charge in [0.1, 0.15) is 56.0 Å². The van der Waals surface area contributed by atoms with Crippen LogP contribution in [0, 0.1) is 0 Å². The molecule has 16 heteroatoms. The lowest BCUT2D eigenvalue weighted by Crippen LogP contribution is -2.31. The summed E-state index contributed by atoms with van der Waals surface area (Å²) in [5, 5.41) is 5.26. The second-order valence-corrected chi connectivity index (χ2v) is 28.4. The van der Waals surface area contributed by atoms with Crippen molar-refractivity contribution < 1.29 is 17.7 Å². The van der Waals surface area contributed by atoms with E-state index >= 15 is 28.8 Å². The molecule has 0 amide bonds. The topological polar surface area (TPSA) is 199 Å². The van der Waals surface area contributed by atoms with Crippen LogP contribution in [0.4, 0.5) is 0 Å². The zero-order valence-electron chi connectivity index (χ0n) is 57.7. The van der Waals surface area contributed by atoms with Gasteiger partial charge in [-0.15, -0.1) is 0 Å². The van der Waals surface area contributed by atoms with Gasteiger partial charge in [-0.25, -0.2) is 19.1 Å². The molecule has 0 N–H and O–H groups in total. The molecule has 0 radical (unpaired) electrons. The quantitative estimate of drug-likeness (QED) is 0.113. The third kappa shape index (κ3) is 8.96. The van der Waals surface area contributed by atoms with Crippen LogP contribution in [0.2, 0.25) is 0 Å². The van der Waals surface area contributed by atoms with Crippen LogP contribution in [0.15, 0.2) is 253 Å². The Morgan fingerprint density at radius 3 is 0.856 bits per heavy atom. The summed E-state index contributed by atoms with van der Waals surface area (Å²) in [5.41, 5.74) is 5.04. The summed E-state index contributed by atoms with van der Waals surface area (Å²) in [7, 11) is 0. The Morgan fingerprint density at radius 1 is 0.279 bits per heavy atom. The standard InChI is InChI=1S/C88H62N6O10/c1-43(2)55-27-17-28-56(44(3)4)79(55)93-83(95)47-19-13-23-51(35-47)101-67-39-59-71-62(88(100)91-65-33-11-9-31-63(65)89-81(59)91)42-70-76-74-68(102-52-24-14-20-48(36-52)84(96)94(86(98)50-22-16-26-54(38-50)104-70)80-57(45(5)6)29-18-30-58(80)46(7)8)40-60-72-61(87(99)92-66-34-12-10-32-64(66)90-82(60)92)41-69(75(78(72)74)73(67)77(71)76)103-53-25-15-21-49(37-53)85(93)97/h9-46H,1-8H3. The Hall–Kier alpha value is -13.1. The van der Waals surface area contributed by atoms with Crippen molar-refractivity contribution in [3.8, 4) is 11.4 Å². The number of hydrogen-bond donors (Lipinski definition) is 0. The van der Waals surface area contributed by atoms with Crippen molar-refractivity contribution in [3.63, 3.8) is 0 Å². The zero-order valence-corrected chi connectivity index (χ0v) is 57.7. The highest BCUT2D eigenvalue weighted by molar-refractivity contribution is 6.48. The fourth-order valence-corrected chi connectivity index (χ4v) is 16.2. The predicted octanol–water partition coefficient (Wildman–Crippen LogP) is 19.4. The molecule has 0 saturated carbocycles. The van der Waals surface area contributed by atoms with Gasteiger partial charge in [-0.2, -0.15) is 0 Å². The van der Waals surface area contributed by atoms with Crippen molar-refractivity contribution in [1.82, 2.24) is 27.9 Å². The zero-order chi connectivity index (χ0) is 71.2. The average Bonchev–Trinajstić information content (AvgIpc) is 0.809. The van der Waals surface area contributed by atoms with Crippen LogP contribution in [0.3, 0.4) is 0 Å². The van der Waals surface area contributed by atoms with E-state index in [2.05, 4.69) is 0 Å². The summed E-state index contributed by atoms with van der Waals surface area (Å²) in [6.45, 7) is 16.3. The Labute approximate surface area is 587 Å². The van der Waals surface area contributed by atoms with Gasteiger partial charge in [-0.05, 0) is 167 Å². The molecule has 0 aliphatic heterocycles. The summed E-state index contributed by atoms with van der Waals surface area (Å²) in [4.78, 5) is 107. The van der Waals surface area contributed by atoms with Gasteiger partial charge < -0.3 is 17.7 Å². The lowest BCUT2D eigenvalue weighted by atomic mass is 9.85. The SMILES string of the molecule is CC(C)c1cccc(C(C)C)c1-n1c(=O)c2cccc(c2)oc2cc3c(=O)n4c5ccccc5nc4c4cc5oc6cccc(c6)c(=O)n(-c6c(C(C)C)cccc6C(C)C)c(=O)c6cccc(c6)oc6cc7c(=O)n8c9ccccc9nc8c8cc(oc9cccc(c9)c1=O)c1c2c(c34)c5c6c1c78. The van der Waals surface area contributed by atoms with E-state index in [4.69, 9.17) is 27.6 Å². The number of imidazole rings is 2. The van der Waals surface area contributed by atoms with Crippen LogP contribution in [-0.2, 0) is 0 Å². The van der Waals surface area contributed by atoms with Crippen molar-refractivity contribution in [2.24, 2.45) is 0 Å². The summed E-state index contributed by atoms with van der Waals surface area (Å²) in [5.74, 6) is -0.476. The first-order valence-electron chi connectivity index (χ1n) is 34.9. The molecule has 6 heterocycles. The summed E-state index contributed by atoms with van der Waals surface area (Å²) in [6, 6.07) is 60.5. The second-order valence-electron chi connectivity index (χ2n) is 28.4. The molecule has 0 unspecified atom stereocenters. The van der Waals surface area contributed by atoms with Gasteiger partial charge in [0.2, 0.25) is 0 Å². The van der Waals surface area contributed by atoms with Gasteiger partial charge in [0.05, 0.1) is 44.2 Å². The van der Waals surface area contributed by atoms with Crippen LogP contribution in [0.5, 0.6) is 0 Å². The van der Waals surface area contributed by atoms with E-state index in [1.807, 2.05) is 152 Å². The van der Waals surface area contributed by atoms with Crippen molar-refractivity contribution in [2.75, 3.05) is 0 Å². The molecule has 8 bridgehead atoms. The van der Waals surface area contributed by atoms with Gasteiger partial charge in [0.25, 0.3) is 33.4 Å².